The summed E-state index contributed by atoms with van der Waals surface area (Å²) in [4.78, 5) is 40.2. The fraction of sp³-hybridized carbons (Fsp3) is 0.217. The van der Waals surface area contributed by atoms with Crippen LogP contribution in [0.15, 0.2) is 52.2 Å². The van der Waals surface area contributed by atoms with Crippen molar-refractivity contribution >= 4 is 57.9 Å². The molecule has 32 heavy (non-hydrogen) atoms. The topological polar surface area (TPSA) is 100 Å². The summed E-state index contributed by atoms with van der Waals surface area (Å²) < 4.78 is 0.724. The number of benzene rings is 2. The molecule has 166 valence electrons. The first kappa shape index (κ1) is 23.5. The molecule has 0 fully saturated rings. The molecule has 3 rings (SSSR count). The van der Waals surface area contributed by atoms with Crippen molar-refractivity contribution < 1.29 is 14.4 Å². The van der Waals surface area contributed by atoms with Gasteiger partial charge in [-0.2, -0.15) is 0 Å². The van der Waals surface area contributed by atoms with Crippen LogP contribution >= 0.6 is 23.1 Å². The van der Waals surface area contributed by atoms with Gasteiger partial charge in [-0.1, -0.05) is 35.5 Å². The van der Waals surface area contributed by atoms with Crippen molar-refractivity contribution in [2.24, 2.45) is 0 Å². The lowest BCUT2D eigenvalue weighted by Gasteiger charge is -2.08. The van der Waals surface area contributed by atoms with Crippen molar-refractivity contribution in [1.29, 1.82) is 0 Å². The summed E-state index contributed by atoms with van der Waals surface area (Å²) in [5, 5.41) is 10.2. The van der Waals surface area contributed by atoms with Crippen LogP contribution in [0.1, 0.15) is 23.7 Å². The minimum Gasteiger partial charge on any atom is -0.326 e. The number of carbonyl (C=O) groups is 3. The Kier molecular flexibility index (Phi) is 8.02. The van der Waals surface area contributed by atoms with Gasteiger partial charge in [0.25, 0.3) is 0 Å². The molecule has 7 nitrogen and oxygen atoms in total. The Balaban J connectivity index is 1.48. The minimum atomic E-state index is -0.181. The minimum absolute atomic E-state index is 0.129. The van der Waals surface area contributed by atoms with Crippen LogP contribution in [0.25, 0.3) is 0 Å². The highest BCUT2D eigenvalue weighted by atomic mass is 32.2. The second kappa shape index (κ2) is 10.9. The third-order valence-electron chi connectivity index (χ3n) is 4.32. The molecule has 0 saturated carbocycles. The van der Waals surface area contributed by atoms with Crippen LogP contribution in [0.3, 0.4) is 0 Å². The number of nitrogens with zero attached hydrogens (tertiary/aromatic N) is 1. The number of hydrogen-bond donors (Lipinski definition) is 3. The normalized spacial score (nSPS) is 10.5. The molecule has 1 aromatic heterocycles. The molecule has 3 aromatic rings. The second-order valence-electron chi connectivity index (χ2n) is 7.25. The maximum absolute atomic E-state index is 12.3. The molecule has 0 aliphatic heterocycles. The van der Waals surface area contributed by atoms with Crippen LogP contribution in [0.4, 0.5) is 17.1 Å². The van der Waals surface area contributed by atoms with Crippen molar-refractivity contribution in [2.75, 3.05) is 21.7 Å². The third-order valence-corrected chi connectivity index (χ3v) is 6.39. The zero-order chi connectivity index (χ0) is 23.1. The molecule has 2 aromatic carbocycles. The Hall–Kier alpha value is -3.17. The first-order chi connectivity index (χ1) is 15.3. The van der Waals surface area contributed by atoms with Gasteiger partial charge < -0.3 is 16.0 Å². The largest absolute Gasteiger partial charge is 0.326 e. The molecular formula is C23H24N4O3S2. The number of carbonyl (C=O) groups excluding carboxylic acids is 3. The highest BCUT2D eigenvalue weighted by molar-refractivity contribution is 8.01. The fourth-order valence-electron chi connectivity index (χ4n) is 2.95. The number of amides is 3. The summed E-state index contributed by atoms with van der Waals surface area (Å²) in [6.07, 6.45) is 0.173. The molecule has 9 heteroatoms. The highest BCUT2D eigenvalue weighted by Gasteiger charge is 2.11. The Labute approximate surface area is 195 Å². The molecule has 0 bridgehead atoms. The van der Waals surface area contributed by atoms with Crippen molar-refractivity contribution in [1.82, 2.24) is 4.98 Å². The van der Waals surface area contributed by atoms with E-state index in [9.17, 15) is 14.4 Å². The fourth-order valence-corrected chi connectivity index (χ4v) is 4.60. The number of aromatic nitrogens is 1. The second-order valence-corrected chi connectivity index (χ2v) is 9.33. The van der Waals surface area contributed by atoms with Gasteiger partial charge in [0.05, 0.1) is 17.9 Å². The van der Waals surface area contributed by atoms with E-state index in [1.807, 2.05) is 37.4 Å². The van der Waals surface area contributed by atoms with Crippen LogP contribution in [0.5, 0.6) is 0 Å². The lowest BCUT2D eigenvalue weighted by Crippen LogP contribution is -2.15. The number of anilines is 3. The molecule has 0 atom stereocenters. The molecule has 3 amide bonds. The van der Waals surface area contributed by atoms with Crippen LogP contribution in [-0.4, -0.2) is 28.5 Å². The predicted molar refractivity (Wildman–Crippen MR) is 130 cm³/mol. The summed E-state index contributed by atoms with van der Waals surface area (Å²) in [6.45, 7) is 5.40. The molecule has 0 radical (unpaired) electrons. The molecule has 0 saturated heterocycles. The number of aryl methyl sites for hydroxylation is 2. The van der Waals surface area contributed by atoms with Crippen molar-refractivity contribution in [3.8, 4) is 0 Å². The van der Waals surface area contributed by atoms with Crippen LogP contribution < -0.4 is 16.0 Å². The smallest absolute Gasteiger partial charge is 0.234 e. The van der Waals surface area contributed by atoms with E-state index >= 15 is 0 Å². The molecule has 0 unspecified atom stereocenters. The Morgan fingerprint density at radius 3 is 2.44 bits per heavy atom. The van der Waals surface area contributed by atoms with Gasteiger partial charge in [-0.05, 0) is 43.7 Å². The maximum Gasteiger partial charge on any atom is 0.234 e. The first-order valence-corrected chi connectivity index (χ1v) is 11.8. The summed E-state index contributed by atoms with van der Waals surface area (Å²) in [5.41, 5.74) is 4.84. The van der Waals surface area contributed by atoms with Gasteiger partial charge in [-0.25, -0.2) is 4.98 Å². The summed E-state index contributed by atoms with van der Waals surface area (Å²) in [6, 6.07) is 12.8. The van der Waals surface area contributed by atoms with E-state index in [1.165, 1.54) is 30.0 Å². The highest BCUT2D eigenvalue weighted by Crippen LogP contribution is 2.24. The summed E-state index contributed by atoms with van der Waals surface area (Å²) in [5.74, 6) is -0.298. The SMILES string of the molecule is CC(=O)Nc1cccc(NC(=O)CSc2nc(CC(=O)Nc3ccc(C)cc3C)cs2)c1. The van der Waals surface area contributed by atoms with Crippen LogP contribution in [0, 0.1) is 13.8 Å². The molecule has 3 N–H and O–H groups in total. The summed E-state index contributed by atoms with van der Waals surface area (Å²) in [7, 11) is 0. The number of thiazole rings is 1. The van der Waals surface area contributed by atoms with E-state index in [4.69, 9.17) is 0 Å². The van der Waals surface area contributed by atoms with Gasteiger partial charge in [0.1, 0.15) is 0 Å². The quantitative estimate of drug-likeness (QED) is 0.419. The van der Waals surface area contributed by atoms with Crippen molar-refractivity contribution in [3.05, 3.63) is 64.7 Å². The van der Waals surface area contributed by atoms with E-state index in [2.05, 4.69) is 20.9 Å². The number of rotatable bonds is 8. The van der Waals surface area contributed by atoms with Crippen LogP contribution in [-0.2, 0) is 20.8 Å². The third kappa shape index (κ3) is 7.21. The Bertz CT molecular complexity index is 1140. The standard InChI is InChI=1S/C23H24N4O3S2/c1-14-7-8-20(15(2)9-14)27-21(29)11-19-12-31-23(26-19)32-13-22(30)25-18-6-4-5-17(10-18)24-16(3)28/h4-10,12H,11,13H2,1-3H3,(H,24,28)(H,25,30)(H,27,29). The number of nitrogens with one attached hydrogen (secondary N) is 3. The average molecular weight is 469 g/mol. The Morgan fingerprint density at radius 1 is 0.969 bits per heavy atom. The molecular weight excluding hydrogens is 444 g/mol. The molecule has 0 aliphatic rings. The number of hydrogen-bond acceptors (Lipinski definition) is 6. The van der Waals surface area contributed by atoms with Gasteiger partial charge >= 0.3 is 0 Å². The lowest BCUT2D eigenvalue weighted by molar-refractivity contribution is -0.116. The monoisotopic (exact) mass is 468 g/mol. The lowest BCUT2D eigenvalue weighted by atomic mass is 10.1. The predicted octanol–water partition coefficient (Wildman–Crippen LogP) is 4.63. The van der Waals surface area contributed by atoms with Gasteiger partial charge in [0.2, 0.25) is 17.7 Å². The van der Waals surface area contributed by atoms with Crippen molar-refractivity contribution in [3.63, 3.8) is 0 Å². The van der Waals surface area contributed by atoms with E-state index in [-0.39, 0.29) is 29.9 Å². The van der Waals surface area contributed by atoms with Gasteiger partial charge in [-0.15, -0.1) is 11.3 Å². The average Bonchev–Trinajstić information content (AvgIpc) is 3.15. The first-order valence-electron chi connectivity index (χ1n) is 9.90. The molecule has 1 heterocycles. The number of thioether (sulfide) groups is 1. The van der Waals surface area contributed by atoms with Gasteiger partial charge in [-0.3, -0.25) is 14.4 Å². The molecule has 0 aliphatic carbocycles. The van der Waals surface area contributed by atoms with E-state index in [1.54, 1.807) is 24.3 Å². The van der Waals surface area contributed by atoms with Crippen molar-refractivity contribution in [2.45, 2.75) is 31.5 Å². The van der Waals surface area contributed by atoms with E-state index < -0.39 is 0 Å². The van der Waals surface area contributed by atoms with E-state index in [0.29, 0.717) is 17.1 Å². The molecule has 0 spiro atoms. The zero-order valence-corrected chi connectivity index (χ0v) is 19.7. The zero-order valence-electron chi connectivity index (χ0n) is 18.0. The van der Waals surface area contributed by atoms with E-state index in [0.717, 1.165) is 21.2 Å². The van der Waals surface area contributed by atoms with Gasteiger partial charge in [0, 0.05) is 29.4 Å². The summed E-state index contributed by atoms with van der Waals surface area (Å²) >= 11 is 2.72. The van der Waals surface area contributed by atoms with Crippen LogP contribution in [0.2, 0.25) is 0 Å². The maximum atomic E-state index is 12.3. The van der Waals surface area contributed by atoms with Gasteiger partial charge in [0.15, 0.2) is 4.34 Å². The Morgan fingerprint density at radius 2 is 1.72 bits per heavy atom.